The lowest BCUT2D eigenvalue weighted by Gasteiger charge is -2.19. The number of thioether (sulfide) groups is 1. The van der Waals surface area contributed by atoms with Crippen LogP contribution < -0.4 is 10.6 Å². The van der Waals surface area contributed by atoms with Crippen LogP contribution in [-0.4, -0.2) is 58.3 Å². The molecule has 0 unspecified atom stereocenters. The summed E-state index contributed by atoms with van der Waals surface area (Å²) >= 11 is 1.59. The Bertz CT molecular complexity index is 476. The fourth-order valence-corrected chi connectivity index (χ4v) is 2.67. The molecule has 2 N–H and O–H groups in total. The van der Waals surface area contributed by atoms with E-state index in [1.54, 1.807) is 22.9 Å². The van der Waals surface area contributed by atoms with Crippen LogP contribution in [0.1, 0.15) is 6.42 Å². The maximum absolute atomic E-state index is 11.9. The van der Waals surface area contributed by atoms with E-state index in [0.29, 0.717) is 19.6 Å². The number of urea groups is 1. The highest BCUT2D eigenvalue weighted by Crippen LogP contribution is 2.12. The molecule has 1 aromatic heterocycles. The predicted octanol–water partition coefficient (Wildman–Crippen LogP) is 0.0437. The van der Waals surface area contributed by atoms with Crippen molar-refractivity contribution in [1.29, 1.82) is 0 Å². The monoisotopic (exact) mass is 297 g/mol. The minimum Gasteiger partial charge on any atom is -0.354 e. The number of nitrogens with zero attached hydrogens (tertiary/aromatic N) is 3. The fraction of sp³-hybridized carbons (Fsp3) is 0.583. The molecule has 2 rings (SSSR count). The molecule has 1 aliphatic heterocycles. The Morgan fingerprint density at radius 2 is 2.45 bits per heavy atom. The third-order valence-electron chi connectivity index (χ3n) is 2.94. The van der Waals surface area contributed by atoms with E-state index in [9.17, 15) is 9.59 Å². The van der Waals surface area contributed by atoms with Crippen molar-refractivity contribution in [1.82, 2.24) is 25.1 Å². The smallest absolute Gasteiger partial charge is 0.317 e. The third kappa shape index (κ3) is 4.16. The summed E-state index contributed by atoms with van der Waals surface area (Å²) in [5.74, 6) is 0.649. The predicted molar refractivity (Wildman–Crippen MR) is 76.5 cm³/mol. The number of amides is 3. The summed E-state index contributed by atoms with van der Waals surface area (Å²) in [6.45, 7) is 1.93. The molecule has 0 bridgehead atoms. The number of carbonyl (C=O) groups is 2. The van der Waals surface area contributed by atoms with Gasteiger partial charge < -0.3 is 20.1 Å². The summed E-state index contributed by atoms with van der Waals surface area (Å²) in [6, 6.07) is -0.178. The molecule has 7 nitrogen and oxygen atoms in total. The lowest BCUT2D eigenvalue weighted by atomic mass is 10.4. The van der Waals surface area contributed by atoms with Gasteiger partial charge in [0.2, 0.25) is 5.91 Å². The number of carbonyl (C=O) groups excluding carboxylic acids is 2. The van der Waals surface area contributed by atoms with E-state index in [2.05, 4.69) is 15.6 Å². The molecular formula is C12H19N5O2S. The first-order chi connectivity index (χ1) is 9.66. The van der Waals surface area contributed by atoms with Crippen molar-refractivity contribution in [2.24, 2.45) is 7.05 Å². The van der Waals surface area contributed by atoms with Gasteiger partial charge in [0.1, 0.15) is 6.54 Å². The van der Waals surface area contributed by atoms with Gasteiger partial charge in [0.15, 0.2) is 5.16 Å². The fourth-order valence-electron chi connectivity index (χ4n) is 1.88. The summed E-state index contributed by atoms with van der Waals surface area (Å²) in [5, 5.41) is 6.50. The molecule has 1 aliphatic rings. The summed E-state index contributed by atoms with van der Waals surface area (Å²) in [4.78, 5) is 29.0. The lowest BCUT2D eigenvalue weighted by molar-refractivity contribution is -0.121. The summed E-state index contributed by atoms with van der Waals surface area (Å²) < 4.78 is 1.94. The maximum Gasteiger partial charge on any atom is 0.317 e. The maximum atomic E-state index is 11.9. The van der Waals surface area contributed by atoms with Crippen molar-refractivity contribution in [3.05, 3.63) is 12.4 Å². The van der Waals surface area contributed by atoms with Crippen molar-refractivity contribution in [3.63, 3.8) is 0 Å². The second-order valence-corrected chi connectivity index (χ2v) is 5.59. The van der Waals surface area contributed by atoms with Gasteiger partial charge in [-0.2, -0.15) is 0 Å². The highest BCUT2D eigenvalue weighted by atomic mass is 32.2. The van der Waals surface area contributed by atoms with Gasteiger partial charge in [-0.1, -0.05) is 11.8 Å². The van der Waals surface area contributed by atoms with Gasteiger partial charge in [-0.15, -0.1) is 0 Å². The number of hydrogen-bond donors (Lipinski definition) is 2. The van der Waals surface area contributed by atoms with E-state index in [1.165, 1.54) is 0 Å². The average Bonchev–Trinajstić information content (AvgIpc) is 2.70. The molecule has 0 aromatic carbocycles. The Balaban J connectivity index is 1.69. The molecule has 0 spiro atoms. The minimum atomic E-state index is -0.178. The van der Waals surface area contributed by atoms with Gasteiger partial charge in [0, 0.05) is 44.8 Å². The molecule has 1 saturated heterocycles. The minimum absolute atomic E-state index is 0.0972. The van der Waals surface area contributed by atoms with Crippen LogP contribution >= 0.6 is 11.8 Å². The largest absolute Gasteiger partial charge is 0.354 e. The summed E-state index contributed by atoms with van der Waals surface area (Å²) in [7, 11) is 1.93. The Hall–Kier alpha value is -1.70. The van der Waals surface area contributed by atoms with Crippen molar-refractivity contribution < 1.29 is 9.59 Å². The zero-order valence-corrected chi connectivity index (χ0v) is 12.3. The summed E-state index contributed by atoms with van der Waals surface area (Å²) in [6.07, 6.45) is 4.43. The van der Waals surface area contributed by atoms with Gasteiger partial charge in [-0.3, -0.25) is 4.79 Å². The molecule has 0 atom stereocenters. The molecule has 0 saturated carbocycles. The first-order valence-electron chi connectivity index (χ1n) is 6.56. The van der Waals surface area contributed by atoms with Gasteiger partial charge in [0.05, 0.1) is 0 Å². The molecule has 1 fully saturated rings. The van der Waals surface area contributed by atoms with E-state index in [1.807, 2.05) is 17.8 Å². The van der Waals surface area contributed by atoms with Crippen LogP contribution in [0.5, 0.6) is 0 Å². The highest BCUT2D eigenvalue weighted by molar-refractivity contribution is 7.99. The molecule has 8 heteroatoms. The third-order valence-corrected chi connectivity index (χ3v) is 3.99. The topological polar surface area (TPSA) is 79.3 Å². The van der Waals surface area contributed by atoms with Crippen molar-refractivity contribution in [2.45, 2.75) is 11.6 Å². The molecule has 1 aromatic rings. The highest BCUT2D eigenvalue weighted by Gasteiger charge is 2.18. The van der Waals surface area contributed by atoms with E-state index >= 15 is 0 Å². The van der Waals surface area contributed by atoms with E-state index in [4.69, 9.17) is 0 Å². The van der Waals surface area contributed by atoms with Crippen LogP contribution in [0.25, 0.3) is 0 Å². The number of aryl methyl sites for hydroxylation is 1. The lowest BCUT2D eigenvalue weighted by Crippen LogP contribution is -2.44. The van der Waals surface area contributed by atoms with E-state index in [-0.39, 0.29) is 18.5 Å². The van der Waals surface area contributed by atoms with Crippen molar-refractivity contribution in [3.8, 4) is 0 Å². The Morgan fingerprint density at radius 1 is 1.60 bits per heavy atom. The van der Waals surface area contributed by atoms with Crippen LogP contribution in [0.15, 0.2) is 17.6 Å². The molecule has 110 valence electrons. The van der Waals surface area contributed by atoms with E-state index in [0.717, 1.165) is 17.3 Å². The molecule has 3 amide bonds. The van der Waals surface area contributed by atoms with Crippen LogP contribution in [0, 0.1) is 0 Å². The second kappa shape index (κ2) is 7.18. The van der Waals surface area contributed by atoms with Crippen molar-refractivity contribution in [2.75, 3.05) is 31.9 Å². The zero-order chi connectivity index (χ0) is 14.4. The van der Waals surface area contributed by atoms with E-state index < -0.39 is 0 Å². The molecular weight excluding hydrogens is 278 g/mol. The number of hydrogen-bond acceptors (Lipinski definition) is 4. The molecule has 0 aliphatic carbocycles. The second-order valence-electron chi connectivity index (χ2n) is 4.53. The molecule has 0 radical (unpaired) electrons. The van der Waals surface area contributed by atoms with Crippen LogP contribution in [0.3, 0.4) is 0 Å². The molecule has 2 heterocycles. The van der Waals surface area contributed by atoms with Gasteiger partial charge in [-0.25, -0.2) is 9.78 Å². The number of aromatic nitrogens is 2. The number of imidazole rings is 1. The first-order valence-corrected chi connectivity index (χ1v) is 7.55. The number of rotatable bonds is 4. The standard InChI is InChI=1S/C12H19N5O2S/c1-16-7-4-15-12(16)20-8-5-14-11(19)17-6-2-3-13-10(18)9-17/h4,7H,2-3,5-6,8-9H2,1H3,(H,13,18)(H,14,19). The zero-order valence-electron chi connectivity index (χ0n) is 11.5. The normalized spacial score (nSPS) is 15.7. The Labute approximate surface area is 122 Å². The van der Waals surface area contributed by atoms with Gasteiger partial charge >= 0.3 is 6.03 Å². The summed E-state index contributed by atoms with van der Waals surface area (Å²) in [5.41, 5.74) is 0. The van der Waals surface area contributed by atoms with Gasteiger partial charge in [-0.05, 0) is 6.42 Å². The Morgan fingerprint density at radius 3 is 3.20 bits per heavy atom. The van der Waals surface area contributed by atoms with Gasteiger partial charge in [0.25, 0.3) is 0 Å². The average molecular weight is 297 g/mol. The molecule has 20 heavy (non-hydrogen) atoms. The van der Waals surface area contributed by atoms with Crippen LogP contribution in [0.4, 0.5) is 4.79 Å². The van der Waals surface area contributed by atoms with Crippen LogP contribution in [-0.2, 0) is 11.8 Å². The first kappa shape index (κ1) is 14.7. The van der Waals surface area contributed by atoms with Crippen molar-refractivity contribution >= 4 is 23.7 Å². The quantitative estimate of drug-likeness (QED) is 0.608. The van der Waals surface area contributed by atoms with Crippen LogP contribution in [0.2, 0.25) is 0 Å². The Kier molecular flexibility index (Phi) is 5.28. The number of nitrogens with one attached hydrogen (secondary N) is 2. The SMILES string of the molecule is Cn1ccnc1SCCNC(=O)N1CCCNC(=O)C1.